The van der Waals surface area contributed by atoms with E-state index in [0.29, 0.717) is 49.6 Å². The first-order valence-electron chi connectivity index (χ1n) is 12.7. The fourth-order valence-electron chi connectivity index (χ4n) is 4.33. The maximum Gasteiger partial charge on any atom is 0.295 e. The lowest BCUT2D eigenvalue weighted by Gasteiger charge is -2.17. The Morgan fingerprint density at radius 1 is 1.06 bits per heavy atom. The van der Waals surface area contributed by atoms with Crippen LogP contribution in [0.4, 0.5) is 11.5 Å². The predicted molar refractivity (Wildman–Crippen MR) is 144 cm³/mol. The van der Waals surface area contributed by atoms with Crippen LogP contribution in [0.3, 0.4) is 0 Å². The first kappa shape index (κ1) is 25.6. The normalized spacial score (nSPS) is 13.7. The number of likely N-dealkylation sites (tertiary alicyclic amines) is 1. The highest BCUT2D eigenvalue weighted by atomic mass is 16.5. The van der Waals surface area contributed by atoms with Crippen LogP contribution in [0, 0.1) is 0 Å². The number of hydrogen-bond acceptors (Lipinski definition) is 7. The quantitative estimate of drug-likeness (QED) is 0.410. The van der Waals surface area contributed by atoms with Gasteiger partial charge in [0.25, 0.3) is 5.56 Å². The van der Waals surface area contributed by atoms with Crippen LogP contribution in [0.1, 0.15) is 33.1 Å². The molecular weight excluding hydrogens is 456 g/mol. The highest BCUT2D eigenvalue weighted by Gasteiger charge is 2.19. The summed E-state index contributed by atoms with van der Waals surface area (Å²) in [6, 6.07) is 12.0. The number of fused-ring (bicyclic) bond motifs is 1. The summed E-state index contributed by atoms with van der Waals surface area (Å²) < 4.78 is 7.38. The van der Waals surface area contributed by atoms with Crippen LogP contribution in [0.2, 0.25) is 0 Å². The summed E-state index contributed by atoms with van der Waals surface area (Å²) in [5, 5.41) is 3.19. The van der Waals surface area contributed by atoms with Gasteiger partial charge in [-0.1, -0.05) is 12.1 Å². The second-order valence-corrected chi connectivity index (χ2v) is 9.58. The van der Waals surface area contributed by atoms with Gasteiger partial charge in [0, 0.05) is 51.4 Å². The first-order chi connectivity index (χ1) is 17.3. The lowest BCUT2D eigenvalue weighted by molar-refractivity contribution is -0.127. The van der Waals surface area contributed by atoms with Gasteiger partial charge in [0.1, 0.15) is 5.52 Å². The largest absolute Gasteiger partial charge is 0.378 e. The minimum absolute atomic E-state index is 0.0680. The molecule has 36 heavy (non-hydrogen) atoms. The van der Waals surface area contributed by atoms with E-state index in [0.717, 1.165) is 36.3 Å². The number of aromatic nitrogens is 3. The van der Waals surface area contributed by atoms with Crippen molar-refractivity contribution in [2.75, 3.05) is 50.6 Å². The van der Waals surface area contributed by atoms with Crippen LogP contribution in [-0.4, -0.2) is 71.8 Å². The molecule has 0 radical (unpaired) electrons. The number of nitrogens with one attached hydrogen (secondary N) is 1. The van der Waals surface area contributed by atoms with Crippen LogP contribution >= 0.6 is 0 Å². The fraction of sp³-hybridized carbons (Fsp3) is 0.481. The third kappa shape index (κ3) is 6.02. The maximum atomic E-state index is 13.4. The monoisotopic (exact) mass is 492 g/mol. The molecule has 3 aromatic rings. The third-order valence-corrected chi connectivity index (χ3v) is 6.30. The predicted octanol–water partition coefficient (Wildman–Crippen LogP) is 3.37. The highest BCUT2D eigenvalue weighted by molar-refractivity contribution is 5.78. The zero-order chi connectivity index (χ0) is 25.7. The minimum atomic E-state index is -0.222. The van der Waals surface area contributed by atoms with Gasteiger partial charge < -0.3 is 19.9 Å². The van der Waals surface area contributed by atoms with Gasteiger partial charge >= 0.3 is 0 Å². The number of benzene rings is 1. The van der Waals surface area contributed by atoms with E-state index in [-0.39, 0.29) is 17.6 Å². The highest BCUT2D eigenvalue weighted by Crippen LogP contribution is 2.23. The molecule has 3 heterocycles. The summed E-state index contributed by atoms with van der Waals surface area (Å²) in [5.41, 5.74) is 3.82. The van der Waals surface area contributed by atoms with E-state index in [1.807, 2.05) is 74.1 Å². The lowest BCUT2D eigenvalue weighted by atomic mass is 10.1. The van der Waals surface area contributed by atoms with Crippen molar-refractivity contribution in [1.29, 1.82) is 0 Å². The molecule has 4 rings (SSSR count). The van der Waals surface area contributed by atoms with E-state index >= 15 is 0 Å². The number of ether oxygens (including phenoxy) is 1. The van der Waals surface area contributed by atoms with E-state index in [1.54, 1.807) is 4.57 Å². The SMILES string of the molecule is CC(C)OCCn1c(=O)c(NCCCN2CCCC2=O)nc2ccc(-c3ccc(N(C)C)cc3)nc21. The summed E-state index contributed by atoms with van der Waals surface area (Å²) in [6.07, 6.45) is 2.38. The molecule has 1 aliphatic heterocycles. The van der Waals surface area contributed by atoms with Crippen molar-refractivity contribution in [3.8, 4) is 11.3 Å². The molecule has 0 aliphatic carbocycles. The average Bonchev–Trinajstić information content (AvgIpc) is 3.27. The summed E-state index contributed by atoms with van der Waals surface area (Å²) >= 11 is 0. The zero-order valence-electron chi connectivity index (χ0n) is 21.7. The Bertz CT molecular complexity index is 1250. The maximum absolute atomic E-state index is 13.4. The van der Waals surface area contributed by atoms with Crippen LogP contribution in [-0.2, 0) is 16.1 Å². The Morgan fingerprint density at radius 3 is 2.50 bits per heavy atom. The standard InChI is InChI=1S/C27H36N6O3/c1-19(2)36-18-17-33-26-23(13-12-22(30-26)20-8-10-21(11-9-20)31(3)4)29-25(27(33)35)28-14-6-16-32-15-5-7-24(32)34/h8-13,19H,5-7,14-18H2,1-4H3,(H,28,29). The van der Waals surface area contributed by atoms with E-state index < -0.39 is 0 Å². The van der Waals surface area contributed by atoms with Gasteiger partial charge in [-0.15, -0.1) is 0 Å². The number of amides is 1. The second kappa shape index (κ2) is 11.5. The van der Waals surface area contributed by atoms with Gasteiger partial charge in [0.15, 0.2) is 11.5 Å². The molecule has 0 unspecified atom stereocenters. The molecule has 1 N–H and O–H groups in total. The summed E-state index contributed by atoms with van der Waals surface area (Å²) in [7, 11) is 4.01. The van der Waals surface area contributed by atoms with Crippen LogP contribution in [0.15, 0.2) is 41.2 Å². The molecule has 2 aromatic heterocycles. The molecule has 9 heteroatoms. The van der Waals surface area contributed by atoms with E-state index in [2.05, 4.69) is 10.3 Å². The molecular formula is C27H36N6O3. The smallest absolute Gasteiger partial charge is 0.295 e. The Morgan fingerprint density at radius 2 is 1.83 bits per heavy atom. The molecule has 1 amide bonds. The Hall–Kier alpha value is -3.46. The van der Waals surface area contributed by atoms with Crippen molar-refractivity contribution >= 4 is 28.6 Å². The Balaban J connectivity index is 1.59. The van der Waals surface area contributed by atoms with Gasteiger partial charge in [-0.3, -0.25) is 14.2 Å². The fourth-order valence-corrected chi connectivity index (χ4v) is 4.33. The first-order valence-corrected chi connectivity index (χ1v) is 12.7. The van der Waals surface area contributed by atoms with Crippen molar-refractivity contribution in [3.63, 3.8) is 0 Å². The second-order valence-electron chi connectivity index (χ2n) is 9.58. The third-order valence-electron chi connectivity index (χ3n) is 6.30. The number of nitrogens with zero attached hydrogens (tertiary/aromatic N) is 5. The molecule has 9 nitrogen and oxygen atoms in total. The Kier molecular flexibility index (Phi) is 8.20. The molecule has 192 valence electrons. The molecule has 1 aromatic carbocycles. The van der Waals surface area contributed by atoms with E-state index in [4.69, 9.17) is 9.72 Å². The number of pyridine rings is 1. The van der Waals surface area contributed by atoms with Crippen molar-refractivity contribution in [2.24, 2.45) is 0 Å². The van der Waals surface area contributed by atoms with Crippen molar-refractivity contribution in [3.05, 3.63) is 46.8 Å². The van der Waals surface area contributed by atoms with Crippen molar-refractivity contribution in [2.45, 2.75) is 45.8 Å². The number of rotatable bonds is 11. The van der Waals surface area contributed by atoms with Crippen molar-refractivity contribution < 1.29 is 9.53 Å². The summed E-state index contributed by atoms with van der Waals surface area (Å²) in [5.74, 6) is 0.509. The number of anilines is 2. The van der Waals surface area contributed by atoms with Gasteiger partial charge in [-0.25, -0.2) is 9.97 Å². The molecule has 1 saturated heterocycles. The lowest BCUT2D eigenvalue weighted by Crippen LogP contribution is -2.30. The number of hydrogen-bond donors (Lipinski definition) is 1. The Labute approximate surface area is 212 Å². The van der Waals surface area contributed by atoms with Gasteiger partial charge in [-0.05, 0) is 51.0 Å². The minimum Gasteiger partial charge on any atom is -0.378 e. The van der Waals surface area contributed by atoms with E-state index in [9.17, 15) is 9.59 Å². The summed E-state index contributed by atoms with van der Waals surface area (Å²) in [4.78, 5) is 38.6. The van der Waals surface area contributed by atoms with Crippen LogP contribution in [0.25, 0.3) is 22.4 Å². The molecule has 0 saturated carbocycles. The molecule has 0 spiro atoms. The van der Waals surface area contributed by atoms with Gasteiger partial charge in [-0.2, -0.15) is 0 Å². The van der Waals surface area contributed by atoms with Gasteiger partial charge in [0.05, 0.1) is 24.9 Å². The van der Waals surface area contributed by atoms with Crippen LogP contribution in [0.5, 0.6) is 0 Å². The molecule has 1 fully saturated rings. The molecule has 0 bridgehead atoms. The summed E-state index contributed by atoms with van der Waals surface area (Å²) in [6.45, 7) is 6.79. The molecule has 1 aliphatic rings. The number of carbonyl (C=O) groups excluding carboxylic acids is 1. The molecule has 0 atom stereocenters. The average molecular weight is 493 g/mol. The zero-order valence-corrected chi connectivity index (χ0v) is 21.7. The van der Waals surface area contributed by atoms with Crippen LogP contribution < -0.4 is 15.8 Å². The van der Waals surface area contributed by atoms with Gasteiger partial charge in [0.2, 0.25) is 5.91 Å². The topological polar surface area (TPSA) is 92.6 Å². The van der Waals surface area contributed by atoms with Crippen molar-refractivity contribution in [1.82, 2.24) is 19.4 Å². The number of carbonyl (C=O) groups is 1. The van der Waals surface area contributed by atoms with E-state index in [1.165, 1.54) is 0 Å².